The van der Waals surface area contributed by atoms with Gasteiger partial charge in [0.15, 0.2) is 0 Å². The zero-order valence-corrected chi connectivity index (χ0v) is 9.75. The first-order valence-corrected chi connectivity index (χ1v) is 5.95. The Labute approximate surface area is 96.5 Å². The number of benzene rings is 1. The Morgan fingerprint density at radius 3 is 2.81 bits per heavy atom. The summed E-state index contributed by atoms with van der Waals surface area (Å²) in [6.45, 7) is 6.57. The predicted molar refractivity (Wildman–Crippen MR) is 64.0 cm³/mol. The fourth-order valence-corrected chi connectivity index (χ4v) is 2.14. The van der Waals surface area contributed by atoms with E-state index in [1.807, 2.05) is 12.1 Å². The van der Waals surface area contributed by atoms with Gasteiger partial charge in [-0.05, 0) is 31.0 Å². The van der Waals surface area contributed by atoms with Gasteiger partial charge < -0.3 is 5.32 Å². The minimum Gasteiger partial charge on any atom is -0.314 e. The summed E-state index contributed by atoms with van der Waals surface area (Å²) in [7, 11) is 0. The van der Waals surface area contributed by atoms with Gasteiger partial charge in [0, 0.05) is 32.2 Å². The maximum atomic E-state index is 12.7. The zero-order valence-electron chi connectivity index (χ0n) is 9.75. The lowest BCUT2D eigenvalue weighted by molar-refractivity contribution is 0.176. The molecule has 1 fully saturated rings. The Bertz CT molecular complexity index is 323. The molecule has 0 aliphatic carbocycles. The molecule has 1 saturated heterocycles. The van der Waals surface area contributed by atoms with Crippen molar-refractivity contribution in [3.63, 3.8) is 0 Å². The van der Waals surface area contributed by atoms with Crippen molar-refractivity contribution < 1.29 is 4.39 Å². The van der Waals surface area contributed by atoms with Crippen molar-refractivity contribution >= 4 is 0 Å². The van der Waals surface area contributed by atoms with E-state index in [1.165, 1.54) is 17.7 Å². The Kier molecular flexibility index (Phi) is 3.91. The molecule has 1 N–H and O–H groups in total. The quantitative estimate of drug-likeness (QED) is 0.836. The van der Waals surface area contributed by atoms with E-state index in [1.54, 1.807) is 0 Å². The van der Waals surface area contributed by atoms with Gasteiger partial charge in [-0.25, -0.2) is 4.39 Å². The standard InChI is InChI=1S/C13H19FN2/c1-11-10-15-7-9-16(11)8-6-12-2-4-13(14)5-3-12/h2-5,11,15H,6-10H2,1H3/t11-/m0/s1. The zero-order chi connectivity index (χ0) is 11.4. The first kappa shape index (κ1) is 11.6. The first-order valence-electron chi connectivity index (χ1n) is 5.95. The molecule has 1 aromatic carbocycles. The third-order valence-corrected chi connectivity index (χ3v) is 3.24. The average Bonchev–Trinajstić information content (AvgIpc) is 2.30. The molecular formula is C13H19FN2. The van der Waals surface area contributed by atoms with Crippen molar-refractivity contribution in [3.05, 3.63) is 35.6 Å². The highest BCUT2D eigenvalue weighted by Gasteiger charge is 2.16. The highest BCUT2D eigenvalue weighted by atomic mass is 19.1. The molecule has 1 aromatic rings. The van der Waals surface area contributed by atoms with Gasteiger partial charge in [-0.3, -0.25) is 4.90 Å². The van der Waals surface area contributed by atoms with E-state index in [4.69, 9.17) is 0 Å². The van der Waals surface area contributed by atoms with Crippen molar-refractivity contribution in [1.82, 2.24) is 10.2 Å². The molecule has 0 saturated carbocycles. The lowest BCUT2D eigenvalue weighted by Gasteiger charge is -2.33. The molecule has 3 heteroatoms. The third-order valence-electron chi connectivity index (χ3n) is 3.24. The van der Waals surface area contributed by atoms with Crippen molar-refractivity contribution in [2.75, 3.05) is 26.2 Å². The number of halogens is 1. The molecule has 0 bridgehead atoms. The fraction of sp³-hybridized carbons (Fsp3) is 0.538. The van der Waals surface area contributed by atoms with Crippen molar-refractivity contribution in [2.24, 2.45) is 0 Å². The minimum atomic E-state index is -0.153. The molecule has 2 rings (SSSR count). The van der Waals surface area contributed by atoms with Crippen molar-refractivity contribution in [2.45, 2.75) is 19.4 Å². The molecule has 0 spiro atoms. The summed E-state index contributed by atoms with van der Waals surface area (Å²) in [6.07, 6.45) is 1.00. The maximum Gasteiger partial charge on any atom is 0.123 e. The average molecular weight is 222 g/mol. The smallest absolute Gasteiger partial charge is 0.123 e. The topological polar surface area (TPSA) is 15.3 Å². The van der Waals surface area contributed by atoms with Crippen LogP contribution in [0.5, 0.6) is 0 Å². The van der Waals surface area contributed by atoms with Crippen LogP contribution in [0.1, 0.15) is 12.5 Å². The molecule has 16 heavy (non-hydrogen) atoms. The van der Waals surface area contributed by atoms with Crippen LogP contribution in [-0.4, -0.2) is 37.1 Å². The summed E-state index contributed by atoms with van der Waals surface area (Å²) in [5.74, 6) is -0.153. The van der Waals surface area contributed by atoms with Gasteiger partial charge in [-0.2, -0.15) is 0 Å². The summed E-state index contributed by atoms with van der Waals surface area (Å²) in [5.41, 5.74) is 1.21. The van der Waals surface area contributed by atoms with Gasteiger partial charge in [-0.1, -0.05) is 12.1 Å². The third kappa shape index (κ3) is 3.03. The van der Waals surface area contributed by atoms with Crippen LogP contribution in [0.25, 0.3) is 0 Å². The maximum absolute atomic E-state index is 12.7. The summed E-state index contributed by atoms with van der Waals surface area (Å²) >= 11 is 0. The second-order valence-corrected chi connectivity index (χ2v) is 4.47. The summed E-state index contributed by atoms with van der Waals surface area (Å²) in [6, 6.07) is 7.44. The van der Waals surface area contributed by atoms with E-state index in [9.17, 15) is 4.39 Å². The van der Waals surface area contributed by atoms with Crippen molar-refractivity contribution in [1.29, 1.82) is 0 Å². The number of nitrogens with one attached hydrogen (secondary N) is 1. The van der Waals surface area contributed by atoms with E-state index in [0.29, 0.717) is 6.04 Å². The molecule has 1 heterocycles. The molecule has 1 aliphatic rings. The van der Waals surface area contributed by atoms with E-state index in [0.717, 1.165) is 32.6 Å². The van der Waals surface area contributed by atoms with Gasteiger partial charge in [0.05, 0.1) is 0 Å². The Balaban J connectivity index is 1.84. The van der Waals surface area contributed by atoms with E-state index < -0.39 is 0 Å². The number of hydrogen-bond acceptors (Lipinski definition) is 2. The Hall–Kier alpha value is -0.930. The minimum absolute atomic E-state index is 0.153. The SMILES string of the molecule is C[C@H]1CNCCN1CCc1ccc(F)cc1. The normalized spacial score (nSPS) is 22.2. The monoisotopic (exact) mass is 222 g/mol. The molecule has 0 amide bonds. The molecular weight excluding hydrogens is 203 g/mol. The van der Waals surface area contributed by atoms with Gasteiger partial charge in [-0.15, -0.1) is 0 Å². The summed E-state index contributed by atoms with van der Waals surface area (Å²) < 4.78 is 12.7. The number of hydrogen-bond donors (Lipinski definition) is 1. The Morgan fingerprint density at radius 1 is 1.38 bits per heavy atom. The summed E-state index contributed by atoms with van der Waals surface area (Å²) in [5, 5.41) is 3.38. The largest absolute Gasteiger partial charge is 0.314 e. The molecule has 1 atom stereocenters. The highest BCUT2D eigenvalue weighted by molar-refractivity contribution is 5.16. The van der Waals surface area contributed by atoms with Gasteiger partial charge in [0.25, 0.3) is 0 Å². The van der Waals surface area contributed by atoms with Crippen LogP contribution in [0.4, 0.5) is 4.39 Å². The molecule has 0 aromatic heterocycles. The lowest BCUT2D eigenvalue weighted by atomic mass is 10.1. The highest BCUT2D eigenvalue weighted by Crippen LogP contribution is 2.07. The van der Waals surface area contributed by atoms with Crippen LogP contribution in [-0.2, 0) is 6.42 Å². The van der Waals surface area contributed by atoms with Crippen LogP contribution < -0.4 is 5.32 Å². The lowest BCUT2D eigenvalue weighted by Crippen LogP contribution is -2.50. The van der Waals surface area contributed by atoms with Crippen LogP contribution >= 0.6 is 0 Å². The predicted octanol–water partition coefficient (Wildman–Crippen LogP) is 1.66. The van der Waals surface area contributed by atoms with Gasteiger partial charge in [0.1, 0.15) is 5.82 Å². The van der Waals surface area contributed by atoms with Crippen molar-refractivity contribution in [3.8, 4) is 0 Å². The number of piperazine rings is 1. The van der Waals surface area contributed by atoms with Gasteiger partial charge in [0.2, 0.25) is 0 Å². The van der Waals surface area contributed by atoms with E-state index in [-0.39, 0.29) is 5.82 Å². The Morgan fingerprint density at radius 2 is 2.12 bits per heavy atom. The van der Waals surface area contributed by atoms with Crippen LogP contribution in [0.3, 0.4) is 0 Å². The van der Waals surface area contributed by atoms with E-state index >= 15 is 0 Å². The van der Waals surface area contributed by atoms with Gasteiger partial charge >= 0.3 is 0 Å². The molecule has 0 unspecified atom stereocenters. The second kappa shape index (κ2) is 5.41. The summed E-state index contributed by atoms with van der Waals surface area (Å²) in [4.78, 5) is 2.49. The second-order valence-electron chi connectivity index (χ2n) is 4.47. The molecule has 2 nitrogen and oxygen atoms in total. The van der Waals surface area contributed by atoms with Crippen LogP contribution in [0.15, 0.2) is 24.3 Å². The first-order chi connectivity index (χ1) is 7.75. The molecule has 88 valence electrons. The molecule has 1 aliphatic heterocycles. The fourth-order valence-electron chi connectivity index (χ4n) is 2.14. The van der Waals surface area contributed by atoms with E-state index in [2.05, 4.69) is 17.1 Å². The van der Waals surface area contributed by atoms with Crippen LogP contribution in [0.2, 0.25) is 0 Å². The number of rotatable bonds is 3. The number of nitrogens with zero attached hydrogens (tertiary/aromatic N) is 1. The molecule has 0 radical (unpaired) electrons. The van der Waals surface area contributed by atoms with Crippen LogP contribution in [0, 0.1) is 5.82 Å².